The van der Waals surface area contributed by atoms with E-state index in [9.17, 15) is 0 Å². The molecule has 0 fully saturated rings. The molecule has 4 heteroatoms. The van der Waals surface area contributed by atoms with Gasteiger partial charge in [-0.2, -0.15) is 0 Å². The molecule has 1 aliphatic carbocycles. The highest BCUT2D eigenvalue weighted by molar-refractivity contribution is 9.12. The molecule has 0 nitrogen and oxygen atoms in total. The maximum Gasteiger partial charge on any atom is 0.0757 e. The van der Waals surface area contributed by atoms with E-state index < -0.39 is 0 Å². The van der Waals surface area contributed by atoms with Gasteiger partial charge in [-0.1, -0.05) is 34.1 Å². The Balaban J connectivity index is 1.97. The van der Waals surface area contributed by atoms with E-state index in [-0.39, 0.29) is 4.83 Å². The molecular weight excluding hydrogens is 440 g/mol. The largest absolute Gasteiger partial charge is 0.121 e. The van der Waals surface area contributed by atoms with Gasteiger partial charge in [-0.3, -0.25) is 0 Å². The Morgan fingerprint density at radius 2 is 1.83 bits per heavy atom. The predicted molar refractivity (Wildman–Crippen MR) is 89.0 cm³/mol. The highest BCUT2D eigenvalue weighted by Gasteiger charge is 2.18. The van der Waals surface area contributed by atoms with Crippen molar-refractivity contribution in [2.75, 3.05) is 0 Å². The summed E-state index contributed by atoms with van der Waals surface area (Å²) in [6, 6.07) is 9.09. The van der Waals surface area contributed by atoms with Gasteiger partial charge in [0.25, 0.3) is 0 Å². The molecule has 0 radical (unpaired) electrons. The number of thiophene rings is 1. The zero-order chi connectivity index (χ0) is 12.7. The number of hydrogen-bond acceptors (Lipinski definition) is 1. The molecule has 0 aliphatic heterocycles. The molecular formula is C14H11Br3S. The summed E-state index contributed by atoms with van der Waals surface area (Å²) in [5.41, 5.74) is 5.71. The summed E-state index contributed by atoms with van der Waals surface area (Å²) in [5, 5.41) is 0. The highest BCUT2D eigenvalue weighted by atomic mass is 79.9. The lowest BCUT2D eigenvalue weighted by atomic mass is 10.0. The fourth-order valence-electron chi connectivity index (χ4n) is 2.45. The summed E-state index contributed by atoms with van der Waals surface area (Å²) in [6.07, 6.45) is 3.78. The standard InChI is InChI=1S/C14H11Br3S/c15-12-7-11(14(17)18-12)13(16)10-5-4-8-2-1-3-9(8)6-10/h4-7,13H,1-3H2. The Kier molecular flexibility index (Phi) is 4.00. The van der Waals surface area contributed by atoms with Crippen LogP contribution in [0.25, 0.3) is 0 Å². The van der Waals surface area contributed by atoms with Gasteiger partial charge in [0.2, 0.25) is 0 Å². The van der Waals surface area contributed by atoms with Crippen molar-refractivity contribution in [2.24, 2.45) is 0 Å². The molecule has 1 aromatic heterocycles. The van der Waals surface area contributed by atoms with Gasteiger partial charge in [0.05, 0.1) is 12.4 Å². The van der Waals surface area contributed by atoms with Crippen molar-refractivity contribution < 1.29 is 0 Å². The van der Waals surface area contributed by atoms with Crippen LogP contribution in [0.2, 0.25) is 0 Å². The first-order valence-electron chi connectivity index (χ1n) is 5.85. The summed E-state index contributed by atoms with van der Waals surface area (Å²) in [6.45, 7) is 0. The van der Waals surface area contributed by atoms with Gasteiger partial charge < -0.3 is 0 Å². The lowest BCUT2D eigenvalue weighted by Crippen LogP contribution is -1.94. The smallest absolute Gasteiger partial charge is 0.0757 e. The number of halogens is 3. The van der Waals surface area contributed by atoms with E-state index in [1.807, 2.05) is 0 Å². The minimum Gasteiger partial charge on any atom is -0.121 e. The van der Waals surface area contributed by atoms with Crippen molar-refractivity contribution in [1.29, 1.82) is 0 Å². The van der Waals surface area contributed by atoms with Gasteiger partial charge >= 0.3 is 0 Å². The molecule has 0 amide bonds. The van der Waals surface area contributed by atoms with Crippen LogP contribution in [0.5, 0.6) is 0 Å². The van der Waals surface area contributed by atoms with Crippen molar-refractivity contribution in [3.63, 3.8) is 0 Å². The maximum absolute atomic E-state index is 3.82. The summed E-state index contributed by atoms with van der Waals surface area (Å²) in [7, 11) is 0. The molecule has 0 spiro atoms. The molecule has 1 aliphatic rings. The minimum atomic E-state index is 0.264. The third-order valence-electron chi connectivity index (χ3n) is 3.37. The maximum atomic E-state index is 3.82. The van der Waals surface area contributed by atoms with Crippen LogP contribution < -0.4 is 0 Å². The first-order chi connectivity index (χ1) is 8.65. The van der Waals surface area contributed by atoms with Gasteiger partial charge in [-0.15, -0.1) is 11.3 Å². The summed E-state index contributed by atoms with van der Waals surface area (Å²) >= 11 is 12.7. The quantitative estimate of drug-likeness (QED) is 0.474. The van der Waals surface area contributed by atoms with Crippen molar-refractivity contribution in [2.45, 2.75) is 24.1 Å². The molecule has 1 aromatic carbocycles. The molecule has 1 heterocycles. The van der Waals surface area contributed by atoms with Gasteiger partial charge in [0, 0.05) is 0 Å². The van der Waals surface area contributed by atoms with Crippen LogP contribution in [0, 0.1) is 0 Å². The molecule has 0 saturated heterocycles. The van der Waals surface area contributed by atoms with E-state index >= 15 is 0 Å². The van der Waals surface area contributed by atoms with Gasteiger partial charge in [-0.05, 0) is 79.4 Å². The van der Waals surface area contributed by atoms with Crippen LogP contribution in [0.3, 0.4) is 0 Å². The molecule has 1 unspecified atom stereocenters. The first kappa shape index (κ1) is 13.3. The number of benzene rings is 1. The first-order valence-corrected chi connectivity index (χ1v) is 9.17. The Hall–Kier alpha value is 0.360. The minimum absolute atomic E-state index is 0.264. The number of rotatable bonds is 2. The second kappa shape index (κ2) is 5.39. The molecule has 0 saturated carbocycles. The topological polar surface area (TPSA) is 0 Å². The van der Waals surface area contributed by atoms with Gasteiger partial charge in [-0.25, -0.2) is 0 Å². The predicted octanol–water partition coefficient (Wildman–Crippen LogP) is 6.25. The van der Waals surface area contributed by atoms with Crippen LogP contribution in [0.4, 0.5) is 0 Å². The summed E-state index contributed by atoms with van der Waals surface area (Å²) in [5.74, 6) is 0. The normalized spacial score (nSPS) is 15.7. The zero-order valence-electron chi connectivity index (χ0n) is 9.55. The van der Waals surface area contributed by atoms with E-state index in [0.717, 1.165) is 3.79 Å². The van der Waals surface area contributed by atoms with Crippen LogP contribution in [0.15, 0.2) is 31.8 Å². The second-order valence-electron chi connectivity index (χ2n) is 4.52. The highest BCUT2D eigenvalue weighted by Crippen LogP contribution is 2.42. The van der Waals surface area contributed by atoms with E-state index in [2.05, 4.69) is 72.1 Å². The molecule has 3 rings (SSSR count). The molecule has 0 bridgehead atoms. The number of hydrogen-bond donors (Lipinski definition) is 0. The van der Waals surface area contributed by atoms with Gasteiger partial charge in [0.1, 0.15) is 0 Å². The van der Waals surface area contributed by atoms with Crippen molar-refractivity contribution in [3.05, 3.63) is 54.1 Å². The average Bonchev–Trinajstić information content (AvgIpc) is 2.93. The molecule has 2 aromatic rings. The average molecular weight is 451 g/mol. The number of aryl methyl sites for hydroxylation is 2. The molecule has 94 valence electrons. The van der Waals surface area contributed by atoms with Crippen LogP contribution in [-0.2, 0) is 12.8 Å². The molecule has 18 heavy (non-hydrogen) atoms. The fraction of sp³-hybridized carbons (Fsp3) is 0.286. The third-order valence-corrected chi connectivity index (χ3v) is 6.78. The van der Waals surface area contributed by atoms with Crippen molar-refractivity contribution in [1.82, 2.24) is 0 Å². The Morgan fingerprint density at radius 3 is 2.56 bits per heavy atom. The summed E-state index contributed by atoms with van der Waals surface area (Å²) < 4.78 is 2.35. The van der Waals surface area contributed by atoms with E-state index in [4.69, 9.17) is 0 Å². The SMILES string of the molecule is Brc1cc(C(Br)c2ccc3c(c2)CCC3)c(Br)s1. The second-order valence-corrected chi connectivity index (χ2v) is 9.19. The van der Waals surface area contributed by atoms with Crippen molar-refractivity contribution in [3.8, 4) is 0 Å². The van der Waals surface area contributed by atoms with E-state index in [0.29, 0.717) is 0 Å². The third kappa shape index (κ3) is 2.49. The van der Waals surface area contributed by atoms with Crippen molar-refractivity contribution >= 4 is 59.1 Å². The Labute approximate surface area is 136 Å². The molecule has 1 atom stereocenters. The van der Waals surface area contributed by atoms with Crippen LogP contribution >= 0.6 is 59.1 Å². The lowest BCUT2D eigenvalue weighted by Gasteiger charge is -2.11. The van der Waals surface area contributed by atoms with Crippen LogP contribution in [-0.4, -0.2) is 0 Å². The fourth-order valence-corrected chi connectivity index (χ4v) is 6.46. The Morgan fingerprint density at radius 1 is 1.06 bits per heavy atom. The monoisotopic (exact) mass is 448 g/mol. The van der Waals surface area contributed by atoms with Crippen LogP contribution in [0.1, 0.15) is 33.5 Å². The van der Waals surface area contributed by atoms with E-state index in [1.165, 1.54) is 45.3 Å². The molecule has 0 N–H and O–H groups in total. The van der Waals surface area contributed by atoms with Gasteiger partial charge in [0.15, 0.2) is 0 Å². The number of alkyl halides is 1. The number of fused-ring (bicyclic) bond motifs is 1. The van der Waals surface area contributed by atoms with E-state index in [1.54, 1.807) is 11.3 Å². The lowest BCUT2D eigenvalue weighted by molar-refractivity contribution is 0.911. The Bertz CT molecular complexity index is 589. The zero-order valence-corrected chi connectivity index (χ0v) is 15.1. The summed E-state index contributed by atoms with van der Waals surface area (Å²) in [4.78, 5) is 0.264.